The third-order valence-corrected chi connectivity index (χ3v) is 2.43. The van der Waals surface area contributed by atoms with E-state index in [1.807, 2.05) is 0 Å². The summed E-state index contributed by atoms with van der Waals surface area (Å²) in [5, 5.41) is 23.3. The first kappa shape index (κ1) is 25.5. The summed E-state index contributed by atoms with van der Waals surface area (Å²) in [7, 11) is 0. The molecule has 0 bridgehead atoms. The summed E-state index contributed by atoms with van der Waals surface area (Å²) in [5.74, 6) is -2.58. The Balaban J connectivity index is -0.000000270. The molecule has 2 rings (SSSR count). The molecular weight excluding hydrogens is 478 g/mol. The number of carbonyl (C=O) groups excluding carboxylic acids is 2. The van der Waals surface area contributed by atoms with Crippen LogP contribution in [0.2, 0.25) is 0 Å². The van der Waals surface area contributed by atoms with Gasteiger partial charge in [-0.2, -0.15) is 0 Å². The van der Waals surface area contributed by atoms with Crippen molar-refractivity contribution in [3.8, 4) is 0 Å². The molecule has 0 aliphatic carbocycles. The number of hydrogen-bond acceptors (Lipinski definition) is 4. The monoisotopic (exact) mass is 492 g/mol. The van der Waals surface area contributed by atoms with E-state index in [1.165, 1.54) is 0 Å². The van der Waals surface area contributed by atoms with Crippen molar-refractivity contribution in [1.82, 2.24) is 0 Å². The summed E-state index contributed by atoms with van der Waals surface area (Å²) >= 11 is 0. The van der Waals surface area contributed by atoms with E-state index >= 15 is 0 Å². The van der Waals surface area contributed by atoms with Gasteiger partial charge in [-0.1, -0.05) is 12.8 Å². The number of nitrogens with zero attached hydrogens (tertiary/aromatic N) is 2. The molecule has 2 fully saturated rings. The molecule has 2 aliphatic rings. The van der Waals surface area contributed by atoms with Crippen LogP contribution in [0.3, 0.4) is 0 Å². The van der Waals surface area contributed by atoms with Gasteiger partial charge < -0.3 is 35.9 Å². The van der Waals surface area contributed by atoms with Crippen LogP contribution in [0.5, 0.6) is 0 Å². The fraction of sp³-hybridized carbons (Fsp3) is 0.600. The summed E-state index contributed by atoms with van der Waals surface area (Å²) in [6, 6.07) is -1.53. The molecule has 4 N–H and O–H groups in total. The third-order valence-electron chi connectivity index (χ3n) is 2.43. The van der Waals surface area contributed by atoms with Crippen molar-refractivity contribution in [2.24, 2.45) is 0 Å². The Morgan fingerprint density at radius 3 is 1.29 bits per heavy atom. The average molecular weight is 492 g/mol. The summed E-state index contributed by atoms with van der Waals surface area (Å²) in [5.41, 5.74) is 0. The van der Waals surface area contributed by atoms with E-state index in [9.17, 15) is 19.2 Å². The molecule has 0 saturated carbocycles. The van der Waals surface area contributed by atoms with E-state index in [0.717, 1.165) is 0 Å². The SMILES string of the molecule is O.O=C1CCC(C(=O)O)[N-]1.O=C1CCC(C(=O)O)[N-]1.[Na+].[Pt]. The van der Waals surface area contributed by atoms with Gasteiger partial charge in [-0.25, -0.2) is 0 Å². The molecule has 0 aromatic rings. The summed E-state index contributed by atoms with van der Waals surface area (Å²) in [6.07, 6.45) is 1.32. The average Bonchev–Trinajstić information content (AvgIpc) is 2.88. The fourth-order valence-electron chi connectivity index (χ4n) is 1.48. The maximum atomic E-state index is 10.3. The van der Waals surface area contributed by atoms with Gasteiger partial charge in [0.25, 0.3) is 11.9 Å². The number of carboxylic acid groups (broad SMARTS) is 2. The molecule has 0 radical (unpaired) electrons. The summed E-state index contributed by atoms with van der Waals surface area (Å²) in [4.78, 5) is 40.9. The Kier molecular flexibility index (Phi) is 14.7. The van der Waals surface area contributed by atoms with Crippen LogP contribution in [0, 0.1) is 0 Å². The third kappa shape index (κ3) is 9.21. The molecule has 0 aromatic heterocycles. The maximum Gasteiger partial charge on any atom is 1.00 e. The van der Waals surface area contributed by atoms with Crippen molar-refractivity contribution in [3.63, 3.8) is 0 Å². The molecule has 2 atom stereocenters. The van der Waals surface area contributed by atoms with Gasteiger partial charge in [0, 0.05) is 21.1 Å². The fourth-order valence-corrected chi connectivity index (χ4v) is 1.48. The largest absolute Gasteiger partial charge is 1.00 e. The zero-order valence-corrected chi connectivity index (χ0v) is 15.5. The minimum absolute atomic E-state index is 0. The number of rotatable bonds is 2. The quantitative estimate of drug-likeness (QED) is 0.378. The van der Waals surface area contributed by atoms with Gasteiger partial charge >= 0.3 is 29.6 Å². The Bertz CT molecular complexity index is 358. The van der Waals surface area contributed by atoms with Crippen LogP contribution in [0.15, 0.2) is 0 Å². The minimum Gasteiger partial charge on any atom is -0.642 e. The van der Waals surface area contributed by atoms with Crippen molar-refractivity contribution in [2.45, 2.75) is 37.8 Å². The van der Waals surface area contributed by atoms with Crippen LogP contribution in [-0.4, -0.2) is 51.5 Å². The Morgan fingerprint density at radius 2 is 1.19 bits per heavy atom. The normalized spacial score (nSPS) is 22.1. The second kappa shape index (κ2) is 12.1. The van der Waals surface area contributed by atoms with Crippen molar-refractivity contribution in [1.29, 1.82) is 0 Å². The van der Waals surface area contributed by atoms with Gasteiger partial charge in [-0.05, 0) is 24.9 Å². The van der Waals surface area contributed by atoms with Crippen LogP contribution >= 0.6 is 0 Å². The Labute approximate surface area is 157 Å². The van der Waals surface area contributed by atoms with Gasteiger partial charge in [0.05, 0.1) is 11.8 Å². The molecule has 0 aromatic carbocycles. The predicted molar refractivity (Wildman–Crippen MR) is 61.7 cm³/mol. The molecule has 2 heterocycles. The van der Waals surface area contributed by atoms with Gasteiger partial charge in [0.1, 0.15) is 0 Å². The molecule has 21 heavy (non-hydrogen) atoms. The Morgan fingerprint density at radius 1 is 0.905 bits per heavy atom. The smallest absolute Gasteiger partial charge is 0.642 e. The Hall–Kier alpha value is -0.472. The molecule has 2 amide bonds. The van der Waals surface area contributed by atoms with Gasteiger partial charge in [0.2, 0.25) is 0 Å². The van der Waals surface area contributed by atoms with E-state index in [2.05, 4.69) is 10.6 Å². The van der Waals surface area contributed by atoms with Crippen LogP contribution in [0.4, 0.5) is 0 Å². The van der Waals surface area contributed by atoms with Crippen molar-refractivity contribution in [2.75, 3.05) is 0 Å². The summed E-state index contributed by atoms with van der Waals surface area (Å²) in [6.45, 7) is 0. The van der Waals surface area contributed by atoms with Crippen LogP contribution in [-0.2, 0) is 40.2 Å². The number of amides is 2. The van der Waals surface area contributed by atoms with E-state index in [1.54, 1.807) is 0 Å². The van der Waals surface area contributed by atoms with Gasteiger partial charge in [0.15, 0.2) is 0 Å². The maximum absolute atomic E-state index is 10.3. The predicted octanol–water partition coefficient (Wildman–Crippen LogP) is -3.56. The number of aliphatic carboxylic acids is 2. The molecule has 2 aliphatic heterocycles. The first-order valence-corrected chi connectivity index (χ1v) is 5.33. The molecule has 118 valence electrons. The zero-order chi connectivity index (χ0) is 13.7. The number of carboxylic acids is 2. The second-order valence-corrected chi connectivity index (χ2v) is 3.83. The first-order valence-electron chi connectivity index (χ1n) is 5.33. The molecule has 11 heteroatoms. The number of hydrogen-bond donors (Lipinski definition) is 2. The molecule has 9 nitrogen and oxygen atoms in total. The van der Waals surface area contributed by atoms with Crippen molar-refractivity contribution >= 4 is 23.8 Å². The van der Waals surface area contributed by atoms with E-state index in [-0.39, 0.29) is 80.8 Å². The summed E-state index contributed by atoms with van der Waals surface area (Å²) < 4.78 is 0. The topological polar surface area (TPSA) is 168 Å². The van der Waals surface area contributed by atoms with E-state index < -0.39 is 24.0 Å². The van der Waals surface area contributed by atoms with Crippen LogP contribution < -0.4 is 29.6 Å². The molecule has 2 saturated heterocycles. The van der Waals surface area contributed by atoms with E-state index in [0.29, 0.717) is 12.8 Å². The molecule has 2 unspecified atom stereocenters. The number of carbonyl (C=O) groups is 4. The second-order valence-electron chi connectivity index (χ2n) is 3.83. The van der Waals surface area contributed by atoms with E-state index in [4.69, 9.17) is 10.2 Å². The van der Waals surface area contributed by atoms with Gasteiger partial charge in [-0.15, -0.1) is 0 Å². The van der Waals surface area contributed by atoms with Gasteiger partial charge in [-0.3, -0.25) is 9.59 Å². The first-order chi connectivity index (χ1) is 8.40. The molecule has 0 spiro atoms. The van der Waals surface area contributed by atoms with Crippen LogP contribution in [0.25, 0.3) is 10.6 Å². The van der Waals surface area contributed by atoms with Crippen molar-refractivity contribution < 1.29 is 85.5 Å². The zero-order valence-electron chi connectivity index (χ0n) is 11.2. The van der Waals surface area contributed by atoms with Crippen molar-refractivity contribution in [3.05, 3.63) is 10.6 Å². The standard InChI is InChI=1S/2C5H7NO3.Na.H2O.Pt/c2*7-4-2-1-3(6-4)5(8)9;;;/h2*3H,1-2H2,(H2,6,7,8,9);;1H2;/q;;+1;;/p-2. The van der Waals surface area contributed by atoms with Crippen LogP contribution in [0.1, 0.15) is 25.7 Å². The molecular formula is C10H14N2NaO7Pt-. The minimum atomic E-state index is -0.999.